The molecule has 1 aromatic rings. The van der Waals surface area contributed by atoms with Gasteiger partial charge in [0, 0.05) is 6.04 Å². The molecule has 0 aliphatic rings. The van der Waals surface area contributed by atoms with Gasteiger partial charge in [-0.3, -0.25) is 15.5 Å². The first kappa shape index (κ1) is 15.4. The van der Waals surface area contributed by atoms with Crippen molar-refractivity contribution >= 4 is 29.2 Å². The fourth-order valence-electron chi connectivity index (χ4n) is 1.55. The topological polar surface area (TPSA) is 119 Å². The zero-order valence-corrected chi connectivity index (χ0v) is 12.0. The van der Waals surface area contributed by atoms with Crippen LogP contribution in [0.4, 0.5) is 17.5 Å². The first-order chi connectivity index (χ1) is 8.99. The fraction of sp³-hybridized carbons (Fsp3) is 0.600. The van der Waals surface area contributed by atoms with Gasteiger partial charge in [0.1, 0.15) is 5.69 Å². The molecule has 0 radical (unpaired) electrons. The van der Waals surface area contributed by atoms with Crippen molar-refractivity contribution in [1.29, 1.82) is 0 Å². The van der Waals surface area contributed by atoms with Gasteiger partial charge in [-0.1, -0.05) is 0 Å². The lowest BCUT2D eigenvalue weighted by Gasteiger charge is -2.15. The van der Waals surface area contributed by atoms with Gasteiger partial charge in [-0.2, -0.15) is 16.7 Å². The Bertz CT molecular complexity index is 456. The van der Waals surface area contributed by atoms with Crippen LogP contribution in [0.2, 0.25) is 0 Å². The summed E-state index contributed by atoms with van der Waals surface area (Å²) in [4.78, 5) is 18.5. The summed E-state index contributed by atoms with van der Waals surface area (Å²) in [6.45, 7) is 3.51. The van der Waals surface area contributed by atoms with Crippen LogP contribution in [0.5, 0.6) is 0 Å². The lowest BCUT2D eigenvalue weighted by molar-refractivity contribution is -0.385. The van der Waals surface area contributed by atoms with Crippen molar-refractivity contribution in [1.82, 2.24) is 9.97 Å². The molecule has 0 aromatic carbocycles. The molecule has 9 heteroatoms. The Kier molecular flexibility index (Phi) is 5.77. The maximum Gasteiger partial charge on any atom is 0.332 e. The number of thioether (sulfide) groups is 1. The van der Waals surface area contributed by atoms with E-state index in [1.54, 1.807) is 18.7 Å². The number of hydrogen-bond donors (Lipinski definition) is 3. The number of nitrogens with zero attached hydrogens (tertiary/aromatic N) is 3. The van der Waals surface area contributed by atoms with E-state index in [0.29, 0.717) is 0 Å². The molecule has 0 saturated heterocycles. The van der Waals surface area contributed by atoms with E-state index < -0.39 is 4.92 Å². The first-order valence-corrected chi connectivity index (χ1v) is 7.14. The average Bonchev–Trinajstić information content (AvgIpc) is 2.35. The van der Waals surface area contributed by atoms with Crippen molar-refractivity contribution in [3.63, 3.8) is 0 Å². The molecule has 19 heavy (non-hydrogen) atoms. The second-order valence-electron chi connectivity index (χ2n) is 4.06. The SMILES string of the molecule is CSCCC(C)Nc1nc(NN)nc(C)c1[N+](=O)[O-]. The summed E-state index contributed by atoms with van der Waals surface area (Å²) < 4.78 is 0. The molecular formula is C10H18N6O2S. The molecule has 1 heterocycles. The molecule has 0 spiro atoms. The third-order valence-electron chi connectivity index (χ3n) is 2.51. The molecule has 4 N–H and O–H groups in total. The molecule has 8 nitrogen and oxygen atoms in total. The maximum absolute atomic E-state index is 11.1. The highest BCUT2D eigenvalue weighted by molar-refractivity contribution is 7.98. The van der Waals surface area contributed by atoms with Crippen molar-refractivity contribution in [2.75, 3.05) is 22.8 Å². The number of rotatable bonds is 7. The lowest BCUT2D eigenvalue weighted by Crippen LogP contribution is -2.20. The highest BCUT2D eigenvalue weighted by atomic mass is 32.2. The lowest BCUT2D eigenvalue weighted by atomic mass is 10.2. The third kappa shape index (κ3) is 4.21. The maximum atomic E-state index is 11.1. The number of nitrogen functional groups attached to an aromatic ring is 1. The largest absolute Gasteiger partial charge is 0.362 e. The van der Waals surface area contributed by atoms with Gasteiger partial charge in [-0.15, -0.1) is 0 Å². The third-order valence-corrected chi connectivity index (χ3v) is 3.15. The van der Waals surface area contributed by atoms with Gasteiger partial charge in [0.2, 0.25) is 11.8 Å². The number of nitrogens with one attached hydrogen (secondary N) is 2. The molecule has 0 aliphatic carbocycles. The van der Waals surface area contributed by atoms with Gasteiger partial charge in [0.05, 0.1) is 4.92 Å². The fourth-order valence-corrected chi connectivity index (χ4v) is 2.14. The Morgan fingerprint density at radius 1 is 1.53 bits per heavy atom. The van der Waals surface area contributed by atoms with Gasteiger partial charge in [0.25, 0.3) is 0 Å². The van der Waals surface area contributed by atoms with E-state index in [9.17, 15) is 10.1 Å². The van der Waals surface area contributed by atoms with Crippen LogP contribution >= 0.6 is 11.8 Å². The minimum Gasteiger partial charge on any atom is -0.362 e. The first-order valence-electron chi connectivity index (χ1n) is 5.74. The van der Waals surface area contributed by atoms with Crippen LogP contribution in [0, 0.1) is 17.0 Å². The highest BCUT2D eigenvalue weighted by Gasteiger charge is 2.22. The number of hydrogen-bond acceptors (Lipinski definition) is 8. The van der Waals surface area contributed by atoms with Crippen molar-refractivity contribution in [2.24, 2.45) is 5.84 Å². The van der Waals surface area contributed by atoms with Crippen LogP contribution in [0.1, 0.15) is 19.0 Å². The molecule has 0 saturated carbocycles. The summed E-state index contributed by atoms with van der Waals surface area (Å²) in [5.41, 5.74) is 2.46. The van der Waals surface area contributed by atoms with Crippen LogP contribution in [-0.2, 0) is 0 Å². The Morgan fingerprint density at radius 3 is 2.74 bits per heavy atom. The molecule has 0 bridgehead atoms. The second kappa shape index (κ2) is 7.10. The summed E-state index contributed by atoms with van der Waals surface area (Å²) in [6.07, 6.45) is 2.90. The highest BCUT2D eigenvalue weighted by Crippen LogP contribution is 2.27. The van der Waals surface area contributed by atoms with Gasteiger partial charge in [-0.25, -0.2) is 10.8 Å². The number of aromatic nitrogens is 2. The minimum absolute atomic E-state index is 0.0751. The van der Waals surface area contributed by atoms with Crippen LogP contribution in [0.25, 0.3) is 0 Å². The summed E-state index contributed by atoms with van der Waals surface area (Å²) >= 11 is 1.72. The Labute approximate surface area is 115 Å². The van der Waals surface area contributed by atoms with Gasteiger partial charge < -0.3 is 5.32 Å². The molecular weight excluding hydrogens is 268 g/mol. The van der Waals surface area contributed by atoms with Crippen LogP contribution in [0.3, 0.4) is 0 Å². The van der Waals surface area contributed by atoms with E-state index in [2.05, 4.69) is 20.7 Å². The van der Waals surface area contributed by atoms with Gasteiger partial charge in [-0.05, 0) is 32.3 Å². The monoisotopic (exact) mass is 286 g/mol. The van der Waals surface area contributed by atoms with Crippen molar-refractivity contribution < 1.29 is 4.92 Å². The Balaban J connectivity index is 3.02. The van der Waals surface area contributed by atoms with Crippen molar-refractivity contribution in [2.45, 2.75) is 26.3 Å². The van der Waals surface area contributed by atoms with Crippen LogP contribution in [-0.4, -0.2) is 32.9 Å². The summed E-state index contributed by atoms with van der Waals surface area (Å²) in [6, 6.07) is 0.0751. The summed E-state index contributed by atoms with van der Waals surface area (Å²) in [5.74, 6) is 6.56. The van der Waals surface area contributed by atoms with Crippen LogP contribution in [0.15, 0.2) is 0 Å². The molecule has 106 valence electrons. The van der Waals surface area contributed by atoms with Gasteiger partial charge in [0.15, 0.2) is 0 Å². The smallest absolute Gasteiger partial charge is 0.332 e. The standard InChI is InChI=1S/C10H18N6O2S/c1-6(4-5-19-3)12-9-8(16(17)18)7(2)13-10(14-9)15-11/h6H,4-5,11H2,1-3H3,(H2,12,13,14,15). The zero-order chi connectivity index (χ0) is 14.4. The number of nitrogens with two attached hydrogens (primary N) is 1. The van der Waals surface area contributed by atoms with Crippen molar-refractivity contribution in [3.8, 4) is 0 Å². The van der Waals surface area contributed by atoms with E-state index in [-0.39, 0.29) is 29.2 Å². The van der Waals surface area contributed by atoms with Gasteiger partial charge >= 0.3 is 5.69 Å². The number of aryl methyl sites for hydroxylation is 1. The summed E-state index contributed by atoms with van der Waals surface area (Å²) in [5, 5.41) is 14.1. The van der Waals surface area contributed by atoms with E-state index in [1.165, 1.54) is 0 Å². The second-order valence-corrected chi connectivity index (χ2v) is 5.04. The molecule has 1 aromatic heterocycles. The molecule has 1 unspecified atom stereocenters. The quantitative estimate of drug-likeness (QED) is 0.392. The van der Waals surface area contributed by atoms with E-state index in [4.69, 9.17) is 5.84 Å². The predicted octanol–water partition coefficient (Wildman–Crippen LogP) is 1.53. The van der Waals surface area contributed by atoms with Crippen LogP contribution < -0.4 is 16.6 Å². The normalized spacial score (nSPS) is 12.0. The number of hydrazine groups is 1. The Morgan fingerprint density at radius 2 is 2.21 bits per heavy atom. The zero-order valence-electron chi connectivity index (χ0n) is 11.1. The van der Waals surface area contributed by atoms with Crippen molar-refractivity contribution in [3.05, 3.63) is 15.8 Å². The summed E-state index contributed by atoms with van der Waals surface area (Å²) in [7, 11) is 0. The predicted molar refractivity (Wildman–Crippen MR) is 77.3 cm³/mol. The van der Waals surface area contributed by atoms with E-state index in [0.717, 1.165) is 12.2 Å². The molecule has 0 fully saturated rings. The molecule has 1 atom stereocenters. The number of anilines is 2. The molecule has 1 rings (SSSR count). The molecule has 0 aliphatic heterocycles. The van der Waals surface area contributed by atoms with E-state index in [1.807, 2.05) is 13.2 Å². The van der Waals surface area contributed by atoms with E-state index >= 15 is 0 Å². The minimum atomic E-state index is -0.487. The number of nitro groups is 1. The Hall–Kier alpha value is -1.61. The average molecular weight is 286 g/mol. The molecule has 0 amide bonds.